The molecule has 4 rings (SSSR count). The molecule has 0 amide bonds. The third-order valence-electron chi connectivity index (χ3n) is 4.56. The molecule has 0 aliphatic rings. The molecule has 1 aromatic heterocycles. The maximum Gasteiger partial charge on any atom is 0.269 e. The molecule has 0 atom stereocenters. The number of rotatable bonds is 6. The topological polar surface area (TPSA) is 120 Å². The van der Waals surface area contributed by atoms with Gasteiger partial charge in [0.1, 0.15) is 0 Å². The molecule has 31 heavy (non-hydrogen) atoms. The molecule has 0 saturated heterocycles. The van der Waals surface area contributed by atoms with E-state index in [-0.39, 0.29) is 26.8 Å². The van der Waals surface area contributed by atoms with E-state index < -0.39 is 26.2 Å². The lowest BCUT2D eigenvalue weighted by Crippen LogP contribution is -2.11. The molecule has 8 nitrogen and oxygen atoms in total. The molecule has 9 heteroatoms. The molecule has 1 heterocycles. The Morgan fingerprint density at radius 2 is 1.45 bits per heavy atom. The van der Waals surface area contributed by atoms with Crippen LogP contribution < -0.4 is 0 Å². The van der Waals surface area contributed by atoms with Gasteiger partial charge < -0.3 is 4.52 Å². The molecule has 0 saturated carbocycles. The molecule has 154 valence electrons. The van der Waals surface area contributed by atoms with Crippen molar-refractivity contribution in [2.24, 2.45) is 0 Å². The van der Waals surface area contributed by atoms with Gasteiger partial charge in [0, 0.05) is 23.3 Å². The molecule has 0 spiro atoms. The first-order chi connectivity index (χ1) is 14.9. The Bertz CT molecular complexity index is 1360. The zero-order valence-electron chi connectivity index (χ0n) is 15.8. The maximum absolute atomic E-state index is 13.4. The fraction of sp³-hybridized carbons (Fsp3) is 0. The fourth-order valence-corrected chi connectivity index (χ4v) is 4.57. The molecule has 0 bridgehead atoms. The van der Waals surface area contributed by atoms with Crippen LogP contribution in [0.3, 0.4) is 0 Å². The second-order valence-electron chi connectivity index (χ2n) is 6.51. The summed E-state index contributed by atoms with van der Waals surface area (Å²) < 4.78 is 32.2. The number of nitro benzene ring substituents is 1. The van der Waals surface area contributed by atoms with E-state index in [0.717, 1.165) is 12.1 Å². The second kappa shape index (κ2) is 7.96. The standard InChI is InChI=1S/C22H14N2O6S/c25-20(15-11-13-17(14-12-15)24(26)27)19-22(31(28,29)18-9-5-2-6-10-18)21(30-23-19)16-7-3-1-4-8-16/h1-14H. The van der Waals surface area contributed by atoms with Gasteiger partial charge in [0.2, 0.25) is 15.6 Å². The monoisotopic (exact) mass is 434 g/mol. The summed E-state index contributed by atoms with van der Waals surface area (Å²) in [6, 6.07) is 20.9. The van der Waals surface area contributed by atoms with E-state index in [9.17, 15) is 23.3 Å². The molecule has 4 aromatic rings. The van der Waals surface area contributed by atoms with Crippen LogP contribution in [0.4, 0.5) is 5.69 Å². The van der Waals surface area contributed by atoms with E-state index >= 15 is 0 Å². The Balaban J connectivity index is 1.90. The van der Waals surface area contributed by atoms with Crippen LogP contribution in [0.1, 0.15) is 16.1 Å². The number of hydrogen-bond acceptors (Lipinski definition) is 7. The molecule has 0 aliphatic heterocycles. The van der Waals surface area contributed by atoms with Gasteiger partial charge in [-0.2, -0.15) is 0 Å². The van der Waals surface area contributed by atoms with Gasteiger partial charge in [0.25, 0.3) is 5.69 Å². The molecule has 3 aromatic carbocycles. The predicted molar refractivity (Wildman–Crippen MR) is 110 cm³/mol. The number of sulfone groups is 1. The first-order valence-electron chi connectivity index (χ1n) is 9.04. The molecule has 0 aliphatic carbocycles. The number of hydrogen-bond donors (Lipinski definition) is 0. The van der Waals surface area contributed by atoms with Crippen LogP contribution in [0.5, 0.6) is 0 Å². The summed E-state index contributed by atoms with van der Waals surface area (Å²) in [7, 11) is -4.17. The van der Waals surface area contributed by atoms with E-state index in [1.807, 2.05) is 0 Å². The van der Waals surface area contributed by atoms with Crippen LogP contribution in [-0.2, 0) is 9.84 Å². The number of nitrogens with zero attached hydrogens (tertiary/aromatic N) is 2. The van der Waals surface area contributed by atoms with Gasteiger partial charge in [-0.15, -0.1) is 0 Å². The lowest BCUT2D eigenvalue weighted by molar-refractivity contribution is -0.384. The SMILES string of the molecule is O=C(c1ccc([N+](=O)[O-])cc1)c1noc(-c2ccccc2)c1S(=O)(=O)c1ccccc1. The summed E-state index contributed by atoms with van der Waals surface area (Å²) in [4.78, 5) is 23.0. The van der Waals surface area contributed by atoms with E-state index in [0.29, 0.717) is 5.56 Å². The summed E-state index contributed by atoms with van der Waals surface area (Å²) in [6.45, 7) is 0. The van der Waals surface area contributed by atoms with Gasteiger partial charge in [-0.1, -0.05) is 53.7 Å². The quantitative estimate of drug-likeness (QED) is 0.252. The van der Waals surface area contributed by atoms with Gasteiger partial charge >= 0.3 is 0 Å². The van der Waals surface area contributed by atoms with Crippen molar-refractivity contribution in [2.45, 2.75) is 9.79 Å². The highest BCUT2D eigenvalue weighted by Gasteiger charge is 2.34. The van der Waals surface area contributed by atoms with Crippen LogP contribution in [0.2, 0.25) is 0 Å². The van der Waals surface area contributed by atoms with Gasteiger partial charge in [0.15, 0.2) is 16.3 Å². The molecule has 0 radical (unpaired) electrons. The minimum Gasteiger partial charge on any atom is -0.354 e. The van der Waals surface area contributed by atoms with Crippen LogP contribution in [0.15, 0.2) is 99.2 Å². The molecule has 0 unspecified atom stereocenters. The van der Waals surface area contributed by atoms with Crippen molar-refractivity contribution in [3.8, 4) is 11.3 Å². The Morgan fingerprint density at radius 1 is 0.871 bits per heavy atom. The van der Waals surface area contributed by atoms with Crippen LogP contribution in [-0.4, -0.2) is 24.3 Å². The van der Waals surface area contributed by atoms with Crippen molar-refractivity contribution in [1.29, 1.82) is 0 Å². The van der Waals surface area contributed by atoms with Crippen LogP contribution >= 0.6 is 0 Å². The highest BCUT2D eigenvalue weighted by molar-refractivity contribution is 7.91. The molecule has 0 N–H and O–H groups in total. The first kappa shape index (κ1) is 20.2. The fourth-order valence-electron chi connectivity index (χ4n) is 3.04. The summed E-state index contributed by atoms with van der Waals surface area (Å²) in [6.07, 6.45) is 0. The highest BCUT2D eigenvalue weighted by atomic mass is 32.2. The van der Waals surface area contributed by atoms with E-state index in [1.54, 1.807) is 48.5 Å². The van der Waals surface area contributed by atoms with Crippen molar-refractivity contribution in [1.82, 2.24) is 5.16 Å². The number of non-ortho nitro benzene ring substituents is 1. The Morgan fingerprint density at radius 3 is 2.03 bits per heavy atom. The number of aromatic nitrogens is 1. The smallest absolute Gasteiger partial charge is 0.269 e. The average Bonchev–Trinajstić information content (AvgIpc) is 3.26. The zero-order chi connectivity index (χ0) is 22.0. The number of ketones is 1. The van der Waals surface area contributed by atoms with Gasteiger partial charge in [-0.3, -0.25) is 14.9 Å². The summed E-state index contributed by atoms with van der Waals surface area (Å²) in [5.74, 6) is -0.787. The first-order valence-corrected chi connectivity index (χ1v) is 10.5. The Labute approximate surface area is 176 Å². The lowest BCUT2D eigenvalue weighted by atomic mass is 10.1. The van der Waals surface area contributed by atoms with Crippen LogP contribution in [0, 0.1) is 10.1 Å². The largest absolute Gasteiger partial charge is 0.354 e. The second-order valence-corrected chi connectivity index (χ2v) is 8.39. The third-order valence-corrected chi connectivity index (χ3v) is 6.37. The third kappa shape index (κ3) is 3.74. The lowest BCUT2D eigenvalue weighted by Gasteiger charge is -2.06. The van der Waals surface area contributed by atoms with Crippen molar-refractivity contribution in [3.63, 3.8) is 0 Å². The molecular weight excluding hydrogens is 420 g/mol. The zero-order valence-corrected chi connectivity index (χ0v) is 16.7. The van der Waals surface area contributed by atoms with Crippen molar-refractivity contribution < 1.29 is 22.7 Å². The number of nitro groups is 1. The highest BCUT2D eigenvalue weighted by Crippen LogP contribution is 2.35. The molecular formula is C22H14N2O6S. The van der Waals surface area contributed by atoms with Gasteiger partial charge in [-0.05, 0) is 24.3 Å². The minimum atomic E-state index is -4.17. The summed E-state index contributed by atoms with van der Waals surface area (Å²) in [5.41, 5.74) is -0.106. The van der Waals surface area contributed by atoms with E-state index in [1.165, 1.54) is 24.3 Å². The Hall–Kier alpha value is -4.11. The molecule has 0 fully saturated rings. The maximum atomic E-state index is 13.4. The summed E-state index contributed by atoms with van der Waals surface area (Å²) in [5, 5.41) is 14.6. The van der Waals surface area contributed by atoms with Crippen molar-refractivity contribution >= 4 is 21.3 Å². The van der Waals surface area contributed by atoms with E-state index in [2.05, 4.69) is 5.16 Å². The van der Waals surface area contributed by atoms with Crippen LogP contribution in [0.25, 0.3) is 11.3 Å². The summed E-state index contributed by atoms with van der Waals surface area (Å²) >= 11 is 0. The van der Waals surface area contributed by atoms with Crippen molar-refractivity contribution in [2.75, 3.05) is 0 Å². The number of benzene rings is 3. The van der Waals surface area contributed by atoms with Gasteiger partial charge in [-0.25, -0.2) is 8.42 Å². The number of carbonyl (C=O) groups excluding carboxylic acids is 1. The normalized spacial score (nSPS) is 11.2. The average molecular weight is 434 g/mol. The Kier molecular flexibility index (Phi) is 5.18. The van der Waals surface area contributed by atoms with Crippen molar-refractivity contribution in [3.05, 3.63) is 106 Å². The predicted octanol–water partition coefficient (Wildman–Crippen LogP) is 4.31. The van der Waals surface area contributed by atoms with E-state index in [4.69, 9.17) is 4.52 Å². The minimum absolute atomic E-state index is 0.0202. The van der Waals surface area contributed by atoms with Gasteiger partial charge in [0.05, 0.1) is 9.82 Å². The number of carbonyl (C=O) groups is 1.